The number of rotatable bonds is 6. The van der Waals surface area contributed by atoms with Gasteiger partial charge in [0.25, 0.3) is 0 Å². The highest BCUT2D eigenvalue weighted by atomic mass is 16.6. The van der Waals surface area contributed by atoms with Crippen LogP contribution in [0.1, 0.15) is 19.4 Å². The third-order valence-electron chi connectivity index (χ3n) is 2.05. The zero-order valence-corrected chi connectivity index (χ0v) is 10.2. The lowest BCUT2D eigenvalue weighted by molar-refractivity contribution is -0.149. The van der Waals surface area contributed by atoms with Gasteiger partial charge in [0, 0.05) is 6.61 Å². The van der Waals surface area contributed by atoms with Crippen LogP contribution in [0.4, 0.5) is 0 Å². The maximum absolute atomic E-state index is 11.2. The fourth-order valence-electron chi connectivity index (χ4n) is 1.32. The van der Waals surface area contributed by atoms with E-state index in [1.807, 2.05) is 12.1 Å². The molecule has 0 aromatic heterocycles. The van der Waals surface area contributed by atoms with Gasteiger partial charge in [0.15, 0.2) is 6.61 Å². The molecule has 0 unspecified atom stereocenters. The summed E-state index contributed by atoms with van der Waals surface area (Å²) in [4.78, 5) is 11.2. The molecule has 0 bridgehead atoms. The smallest absolute Gasteiger partial charge is 0.344 e. The summed E-state index contributed by atoms with van der Waals surface area (Å²) in [5.74, 6) is 0.242. The number of benzene rings is 1. The Labute approximate surface area is 101 Å². The molecule has 0 radical (unpaired) electrons. The van der Waals surface area contributed by atoms with Crippen molar-refractivity contribution in [2.24, 2.45) is 0 Å². The molecule has 0 spiro atoms. The van der Waals surface area contributed by atoms with Gasteiger partial charge in [0.1, 0.15) is 5.75 Å². The van der Waals surface area contributed by atoms with Crippen molar-refractivity contribution in [3.05, 3.63) is 29.8 Å². The minimum absolute atomic E-state index is 0.0858. The molecule has 0 aliphatic carbocycles. The molecule has 0 fully saturated rings. The average Bonchev–Trinajstić information content (AvgIpc) is 2.28. The summed E-state index contributed by atoms with van der Waals surface area (Å²) < 4.78 is 10.2. The summed E-state index contributed by atoms with van der Waals surface area (Å²) in [6.07, 6.45) is 0.494. The molecule has 4 nitrogen and oxygen atoms in total. The van der Waals surface area contributed by atoms with Crippen LogP contribution in [0.15, 0.2) is 24.3 Å². The first-order chi connectivity index (χ1) is 8.11. The van der Waals surface area contributed by atoms with Crippen LogP contribution < -0.4 is 4.74 Å². The third-order valence-corrected chi connectivity index (χ3v) is 2.05. The average molecular weight is 238 g/mol. The molecule has 94 valence electrons. The van der Waals surface area contributed by atoms with E-state index in [4.69, 9.17) is 14.6 Å². The lowest BCUT2D eigenvalue weighted by Gasteiger charge is -2.09. The number of esters is 1. The molecule has 0 aliphatic heterocycles. The number of hydrogen-bond acceptors (Lipinski definition) is 4. The number of ether oxygens (including phenoxy) is 2. The van der Waals surface area contributed by atoms with Crippen molar-refractivity contribution in [1.82, 2.24) is 0 Å². The van der Waals surface area contributed by atoms with E-state index in [0.717, 1.165) is 5.56 Å². The lowest BCUT2D eigenvalue weighted by Crippen LogP contribution is -2.18. The molecular weight excluding hydrogens is 220 g/mol. The van der Waals surface area contributed by atoms with Crippen molar-refractivity contribution in [1.29, 1.82) is 0 Å². The van der Waals surface area contributed by atoms with Gasteiger partial charge in [0.2, 0.25) is 0 Å². The van der Waals surface area contributed by atoms with Crippen LogP contribution in [0.3, 0.4) is 0 Å². The Morgan fingerprint density at radius 1 is 1.29 bits per heavy atom. The Balaban J connectivity index is 2.39. The second-order valence-corrected chi connectivity index (χ2v) is 3.94. The van der Waals surface area contributed by atoms with Gasteiger partial charge in [0.05, 0.1) is 6.10 Å². The fourth-order valence-corrected chi connectivity index (χ4v) is 1.32. The van der Waals surface area contributed by atoms with E-state index in [-0.39, 0.29) is 25.3 Å². The summed E-state index contributed by atoms with van der Waals surface area (Å²) in [5.41, 5.74) is 1.03. The van der Waals surface area contributed by atoms with E-state index < -0.39 is 0 Å². The van der Waals surface area contributed by atoms with Gasteiger partial charge >= 0.3 is 5.97 Å². The van der Waals surface area contributed by atoms with Gasteiger partial charge in [-0.3, -0.25) is 0 Å². The van der Waals surface area contributed by atoms with E-state index in [0.29, 0.717) is 12.2 Å². The second-order valence-electron chi connectivity index (χ2n) is 3.94. The number of hydrogen-bond donors (Lipinski definition) is 1. The van der Waals surface area contributed by atoms with Crippen molar-refractivity contribution in [3.8, 4) is 5.75 Å². The Morgan fingerprint density at radius 2 is 1.94 bits per heavy atom. The van der Waals surface area contributed by atoms with Gasteiger partial charge in [-0.2, -0.15) is 0 Å². The van der Waals surface area contributed by atoms with E-state index in [1.54, 1.807) is 26.0 Å². The van der Waals surface area contributed by atoms with Gasteiger partial charge in [-0.05, 0) is 38.0 Å². The van der Waals surface area contributed by atoms with Crippen LogP contribution >= 0.6 is 0 Å². The Bertz CT molecular complexity index is 343. The minimum atomic E-state index is -0.376. The topological polar surface area (TPSA) is 55.8 Å². The summed E-state index contributed by atoms with van der Waals surface area (Å²) >= 11 is 0. The van der Waals surface area contributed by atoms with E-state index in [2.05, 4.69) is 0 Å². The molecule has 1 aromatic carbocycles. The maximum Gasteiger partial charge on any atom is 0.344 e. The first kappa shape index (κ1) is 13.5. The summed E-state index contributed by atoms with van der Waals surface area (Å²) in [5, 5.41) is 8.76. The number of aliphatic hydroxyl groups excluding tert-OH is 1. The summed E-state index contributed by atoms with van der Waals surface area (Å²) in [6, 6.07) is 7.26. The van der Waals surface area contributed by atoms with Crippen molar-refractivity contribution in [2.45, 2.75) is 26.4 Å². The normalized spacial score (nSPS) is 10.4. The van der Waals surface area contributed by atoms with Crippen LogP contribution in [0.5, 0.6) is 5.75 Å². The van der Waals surface area contributed by atoms with Crippen molar-refractivity contribution >= 4 is 5.97 Å². The molecular formula is C13H18O4. The first-order valence-corrected chi connectivity index (χ1v) is 5.64. The second kappa shape index (κ2) is 6.91. The highest BCUT2D eigenvalue weighted by Crippen LogP contribution is 2.12. The van der Waals surface area contributed by atoms with Crippen LogP contribution in [-0.2, 0) is 16.0 Å². The molecule has 0 heterocycles. The molecule has 0 amide bonds. The largest absolute Gasteiger partial charge is 0.482 e. The Kier molecular flexibility index (Phi) is 5.49. The number of aliphatic hydroxyl groups is 1. The predicted molar refractivity (Wildman–Crippen MR) is 64.0 cm³/mol. The van der Waals surface area contributed by atoms with Gasteiger partial charge in [-0.25, -0.2) is 4.79 Å². The van der Waals surface area contributed by atoms with Crippen LogP contribution in [0, 0.1) is 0 Å². The quantitative estimate of drug-likeness (QED) is 0.764. The van der Waals surface area contributed by atoms with Crippen LogP contribution in [0.2, 0.25) is 0 Å². The summed E-state index contributed by atoms with van der Waals surface area (Å²) in [7, 11) is 0. The van der Waals surface area contributed by atoms with Crippen molar-refractivity contribution in [2.75, 3.05) is 13.2 Å². The molecule has 4 heteroatoms. The van der Waals surface area contributed by atoms with Gasteiger partial charge < -0.3 is 14.6 Å². The standard InChI is InChI=1S/C13H18O4/c1-10(2)17-13(15)9-16-12-5-3-11(4-6-12)7-8-14/h3-6,10,14H,7-9H2,1-2H3. The highest BCUT2D eigenvalue weighted by molar-refractivity contribution is 5.71. The molecule has 1 aromatic rings. The number of carbonyl (C=O) groups excluding carboxylic acids is 1. The van der Waals surface area contributed by atoms with E-state index >= 15 is 0 Å². The van der Waals surface area contributed by atoms with Crippen LogP contribution in [-0.4, -0.2) is 30.4 Å². The molecule has 0 aliphatic rings. The molecule has 1 rings (SSSR count). The monoisotopic (exact) mass is 238 g/mol. The molecule has 17 heavy (non-hydrogen) atoms. The van der Waals surface area contributed by atoms with Gasteiger partial charge in [-0.1, -0.05) is 12.1 Å². The molecule has 1 N–H and O–H groups in total. The number of carbonyl (C=O) groups is 1. The fraction of sp³-hybridized carbons (Fsp3) is 0.462. The van der Waals surface area contributed by atoms with Gasteiger partial charge in [-0.15, -0.1) is 0 Å². The minimum Gasteiger partial charge on any atom is -0.482 e. The van der Waals surface area contributed by atoms with Crippen molar-refractivity contribution in [3.63, 3.8) is 0 Å². The predicted octanol–water partition coefficient (Wildman–Crippen LogP) is 1.55. The van der Waals surface area contributed by atoms with Crippen molar-refractivity contribution < 1.29 is 19.4 Å². The zero-order valence-electron chi connectivity index (χ0n) is 10.2. The van der Waals surface area contributed by atoms with Crippen LogP contribution in [0.25, 0.3) is 0 Å². The third kappa shape index (κ3) is 5.36. The maximum atomic E-state index is 11.2. The Morgan fingerprint density at radius 3 is 2.47 bits per heavy atom. The SMILES string of the molecule is CC(C)OC(=O)COc1ccc(CCO)cc1. The zero-order chi connectivity index (χ0) is 12.7. The first-order valence-electron chi connectivity index (χ1n) is 5.64. The molecule has 0 saturated carbocycles. The summed E-state index contributed by atoms with van der Waals surface area (Å²) in [6.45, 7) is 3.63. The molecule has 0 saturated heterocycles. The molecule has 0 atom stereocenters. The van der Waals surface area contributed by atoms with E-state index in [1.165, 1.54) is 0 Å². The lowest BCUT2D eigenvalue weighted by atomic mass is 10.1. The van der Waals surface area contributed by atoms with E-state index in [9.17, 15) is 4.79 Å². The highest BCUT2D eigenvalue weighted by Gasteiger charge is 2.06. The Hall–Kier alpha value is -1.55.